The second kappa shape index (κ2) is 8.42. The van der Waals surface area contributed by atoms with E-state index in [0.717, 1.165) is 5.56 Å². The Morgan fingerprint density at radius 3 is 2.79 bits per heavy atom. The second-order valence-electron chi connectivity index (χ2n) is 5.01. The van der Waals surface area contributed by atoms with Crippen LogP contribution in [0, 0.1) is 0 Å². The third-order valence-corrected chi connectivity index (χ3v) is 3.44. The Balaban J connectivity index is 1.99. The third-order valence-electron chi connectivity index (χ3n) is 3.14. The van der Waals surface area contributed by atoms with Gasteiger partial charge < -0.3 is 14.8 Å². The van der Waals surface area contributed by atoms with Crippen LogP contribution in [0.25, 0.3) is 0 Å². The number of halogens is 1. The Hall–Kier alpha value is -2.44. The van der Waals surface area contributed by atoms with Crippen LogP contribution in [0.3, 0.4) is 0 Å². The molecule has 0 bridgehead atoms. The highest BCUT2D eigenvalue weighted by Gasteiger charge is 2.20. The van der Waals surface area contributed by atoms with Gasteiger partial charge in [-0.25, -0.2) is 9.78 Å². The zero-order valence-electron chi connectivity index (χ0n) is 13.3. The molecule has 1 heterocycles. The molecular weight excluding hydrogens is 332 g/mol. The van der Waals surface area contributed by atoms with Crippen molar-refractivity contribution >= 4 is 29.2 Å². The molecule has 6 nitrogen and oxygen atoms in total. The molecule has 1 atom stereocenters. The topological polar surface area (TPSA) is 77.5 Å². The van der Waals surface area contributed by atoms with E-state index in [2.05, 4.69) is 10.3 Å². The molecule has 2 rings (SSSR count). The third kappa shape index (κ3) is 4.78. The maximum Gasteiger partial charge on any atom is 0.338 e. The average Bonchev–Trinajstić information content (AvgIpc) is 2.57. The second-order valence-corrected chi connectivity index (χ2v) is 5.37. The number of benzene rings is 1. The fourth-order valence-corrected chi connectivity index (χ4v) is 2.12. The predicted molar refractivity (Wildman–Crippen MR) is 89.9 cm³/mol. The van der Waals surface area contributed by atoms with E-state index in [1.54, 1.807) is 37.4 Å². The highest BCUT2D eigenvalue weighted by atomic mass is 35.5. The van der Waals surface area contributed by atoms with Gasteiger partial charge in [0.25, 0.3) is 5.91 Å². The summed E-state index contributed by atoms with van der Waals surface area (Å²) in [6, 6.07) is 10.1. The predicted octanol–water partition coefficient (Wildman–Crippen LogP) is 3.07. The van der Waals surface area contributed by atoms with Crippen molar-refractivity contribution in [1.29, 1.82) is 0 Å². The summed E-state index contributed by atoms with van der Waals surface area (Å²) in [5.74, 6) is -1.08. The van der Waals surface area contributed by atoms with Gasteiger partial charge in [0.1, 0.15) is 0 Å². The Morgan fingerprint density at radius 2 is 2.08 bits per heavy atom. The number of nitrogens with zero attached hydrogens (tertiary/aromatic N) is 1. The molecular formula is C17H17ClN2O4. The average molecular weight is 349 g/mol. The van der Waals surface area contributed by atoms with Crippen molar-refractivity contribution in [3.8, 4) is 0 Å². The van der Waals surface area contributed by atoms with E-state index >= 15 is 0 Å². The van der Waals surface area contributed by atoms with E-state index in [9.17, 15) is 9.59 Å². The maximum absolute atomic E-state index is 12.2. The summed E-state index contributed by atoms with van der Waals surface area (Å²) in [4.78, 5) is 28.1. The fourth-order valence-electron chi connectivity index (χ4n) is 1.95. The summed E-state index contributed by atoms with van der Waals surface area (Å²) in [5.41, 5.74) is 1.55. The normalized spacial score (nSPS) is 11.6. The Kier molecular flexibility index (Phi) is 6.28. The molecule has 0 spiro atoms. The Morgan fingerprint density at radius 1 is 1.29 bits per heavy atom. The Bertz CT molecular complexity index is 736. The number of hydrogen-bond donors (Lipinski definition) is 1. The van der Waals surface area contributed by atoms with Crippen LogP contribution < -0.4 is 5.32 Å². The molecule has 0 aliphatic carbocycles. The number of hydrogen-bond acceptors (Lipinski definition) is 5. The summed E-state index contributed by atoms with van der Waals surface area (Å²) in [7, 11) is 1.57. The number of anilines is 1. The molecule has 1 N–H and O–H groups in total. The largest absolute Gasteiger partial charge is 0.449 e. The van der Waals surface area contributed by atoms with Crippen molar-refractivity contribution in [2.45, 2.75) is 19.6 Å². The number of amides is 1. The molecule has 2 aromatic rings. The van der Waals surface area contributed by atoms with Gasteiger partial charge >= 0.3 is 5.97 Å². The van der Waals surface area contributed by atoms with Crippen LogP contribution in [0.2, 0.25) is 5.15 Å². The number of esters is 1. The fraction of sp³-hybridized carbons (Fsp3) is 0.235. The first-order valence-electron chi connectivity index (χ1n) is 7.21. The van der Waals surface area contributed by atoms with Crippen LogP contribution in [-0.4, -0.2) is 30.1 Å². The molecule has 0 aliphatic rings. The van der Waals surface area contributed by atoms with Crippen molar-refractivity contribution < 1.29 is 19.1 Å². The van der Waals surface area contributed by atoms with Gasteiger partial charge in [-0.1, -0.05) is 23.7 Å². The van der Waals surface area contributed by atoms with E-state index in [-0.39, 0.29) is 5.15 Å². The van der Waals surface area contributed by atoms with Gasteiger partial charge in [-0.3, -0.25) is 4.79 Å². The molecule has 1 aromatic heterocycles. The first kappa shape index (κ1) is 17.9. The van der Waals surface area contributed by atoms with Crippen molar-refractivity contribution in [1.82, 2.24) is 4.98 Å². The quantitative estimate of drug-likeness (QED) is 0.641. The smallest absolute Gasteiger partial charge is 0.338 e. The van der Waals surface area contributed by atoms with Crippen LogP contribution >= 0.6 is 11.6 Å². The van der Waals surface area contributed by atoms with Gasteiger partial charge in [0, 0.05) is 13.3 Å². The Labute approximate surface area is 144 Å². The van der Waals surface area contributed by atoms with Gasteiger partial charge in [0.15, 0.2) is 11.3 Å². The molecule has 1 aromatic carbocycles. The summed E-state index contributed by atoms with van der Waals surface area (Å²) in [6.07, 6.45) is 0.522. The van der Waals surface area contributed by atoms with Crippen LogP contribution in [-0.2, 0) is 20.9 Å². The van der Waals surface area contributed by atoms with Gasteiger partial charge in [0.2, 0.25) is 0 Å². The molecule has 7 heteroatoms. The zero-order chi connectivity index (χ0) is 17.5. The molecule has 0 radical (unpaired) electrons. The SMILES string of the molecule is COCc1cccc(C(=O)O[C@H](C)C(=O)Nc2cccnc2Cl)c1. The number of pyridine rings is 1. The summed E-state index contributed by atoms with van der Waals surface area (Å²) in [5, 5.41) is 2.73. The van der Waals surface area contributed by atoms with E-state index in [1.807, 2.05) is 6.07 Å². The first-order chi connectivity index (χ1) is 11.5. The highest BCUT2D eigenvalue weighted by molar-refractivity contribution is 6.32. The molecule has 0 unspecified atom stereocenters. The number of rotatable bonds is 6. The minimum absolute atomic E-state index is 0.164. The van der Waals surface area contributed by atoms with E-state index in [4.69, 9.17) is 21.1 Å². The lowest BCUT2D eigenvalue weighted by Crippen LogP contribution is -2.30. The van der Waals surface area contributed by atoms with Gasteiger partial charge in [-0.05, 0) is 36.8 Å². The molecule has 0 saturated carbocycles. The van der Waals surface area contributed by atoms with Crippen LogP contribution in [0.5, 0.6) is 0 Å². The summed E-state index contributed by atoms with van der Waals surface area (Å²) in [6.45, 7) is 1.87. The number of aromatic nitrogens is 1. The van der Waals surface area contributed by atoms with E-state index < -0.39 is 18.0 Å². The molecule has 24 heavy (non-hydrogen) atoms. The number of methoxy groups -OCH3 is 1. The zero-order valence-corrected chi connectivity index (χ0v) is 14.0. The summed E-state index contributed by atoms with van der Waals surface area (Å²) < 4.78 is 10.2. The van der Waals surface area contributed by atoms with Gasteiger partial charge in [-0.15, -0.1) is 0 Å². The van der Waals surface area contributed by atoms with Crippen LogP contribution in [0.15, 0.2) is 42.6 Å². The lowest BCUT2D eigenvalue weighted by molar-refractivity contribution is -0.123. The monoisotopic (exact) mass is 348 g/mol. The van der Waals surface area contributed by atoms with Crippen LogP contribution in [0.4, 0.5) is 5.69 Å². The standard InChI is InChI=1S/C17H17ClN2O4/c1-11(16(21)20-14-7-4-8-19-15(14)18)24-17(22)13-6-3-5-12(9-13)10-23-2/h3-9,11H,10H2,1-2H3,(H,20,21)/t11-/m1/s1. The minimum Gasteiger partial charge on any atom is -0.449 e. The number of nitrogens with one attached hydrogen (secondary N) is 1. The van der Waals surface area contributed by atoms with Crippen molar-refractivity contribution in [2.75, 3.05) is 12.4 Å². The lowest BCUT2D eigenvalue weighted by atomic mass is 10.1. The number of carbonyl (C=O) groups excluding carboxylic acids is 2. The molecule has 126 valence electrons. The molecule has 0 fully saturated rings. The van der Waals surface area contributed by atoms with E-state index in [1.165, 1.54) is 13.1 Å². The first-order valence-corrected chi connectivity index (χ1v) is 7.59. The molecule has 0 aliphatic heterocycles. The van der Waals surface area contributed by atoms with Gasteiger partial charge in [0.05, 0.1) is 17.9 Å². The summed E-state index contributed by atoms with van der Waals surface area (Å²) >= 11 is 5.88. The van der Waals surface area contributed by atoms with Gasteiger partial charge in [-0.2, -0.15) is 0 Å². The van der Waals surface area contributed by atoms with Crippen molar-refractivity contribution in [2.24, 2.45) is 0 Å². The molecule has 1 amide bonds. The number of carbonyl (C=O) groups is 2. The number of ether oxygens (including phenoxy) is 2. The lowest BCUT2D eigenvalue weighted by Gasteiger charge is -2.14. The van der Waals surface area contributed by atoms with Crippen molar-refractivity contribution in [3.63, 3.8) is 0 Å². The van der Waals surface area contributed by atoms with E-state index in [0.29, 0.717) is 17.9 Å². The van der Waals surface area contributed by atoms with Crippen molar-refractivity contribution in [3.05, 3.63) is 58.9 Å². The highest BCUT2D eigenvalue weighted by Crippen LogP contribution is 2.18. The minimum atomic E-state index is -0.986. The maximum atomic E-state index is 12.2. The van der Waals surface area contributed by atoms with Crippen LogP contribution in [0.1, 0.15) is 22.8 Å². The molecule has 0 saturated heterocycles.